The van der Waals surface area contributed by atoms with Gasteiger partial charge in [0.1, 0.15) is 4.70 Å². The summed E-state index contributed by atoms with van der Waals surface area (Å²) in [5.41, 5.74) is 4.88. The number of benzene rings is 2. The number of aromatic nitrogens is 2. The van der Waals surface area contributed by atoms with E-state index in [9.17, 15) is 14.4 Å². The number of rotatable bonds is 7. The van der Waals surface area contributed by atoms with Gasteiger partial charge < -0.3 is 5.32 Å². The molecule has 0 radical (unpaired) electrons. The van der Waals surface area contributed by atoms with Gasteiger partial charge in [-0.2, -0.15) is 0 Å². The summed E-state index contributed by atoms with van der Waals surface area (Å²) in [4.78, 5) is 41.8. The Morgan fingerprint density at radius 3 is 2.42 bits per heavy atom. The lowest BCUT2D eigenvalue weighted by Gasteiger charge is -2.11. The summed E-state index contributed by atoms with van der Waals surface area (Å²) in [5.74, 6) is -0.131. The fourth-order valence-corrected chi connectivity index (χ4v) is 5.24. The quantitative estimate of drug-likeness (QED) is 0.219. The molecule has 6 nitrogen and oxygen atoms in total. The number of hydrogen-bond acceptors (Lipinski definition) is 6. The minimum atomic E-state index is -0.211. The highest BCUT2D eigenvalue weighted by atomic mass is 32.2. The largest absolute Gasteiger partial charge is 0.325 e. The van der Waals surface area contributed by atoms with Gasteiger partial charge in [-0.05, 0) is 50.6 Å². The van der Waals surface area contributed by atoms with Crippen molar-refractivity contribution in [3.05, 3.63) is 75.4 Å². The molecule has 2 aromatic heterocycles. The minimum absolute atomic E-state index is 0.0270. The Labute approximate surface area is 199 Å². The molecule has 0 saturated carbocycles. The van der Waals surface area contributed by atoms with Gasteiger partial charge in [0.15, 0.2) is 10.9 Å². The molecule has 8 heteroatoms. The van der Waals surface area contributed by atoms with Crippen LogP contribution in [0.2, 0.25) is 0 Å². The van der Waals surface area contributed by atoms with Crippen molar-refractivity contribution in [2.45, 2.75) is 32.5 Å². The topological polar surface area (TPSA) is 81.1 Å². The number of carbonyl (C=O) groups is 2. The highest BCUT2D eigenvalue weighted by molar-refractivity contribution is 7.99. The molecule has 168 valence electrons. The van der Waals surface area contributed by atoms with Crippen LogP contribution >= 0.6 is 23.1 Å². The first-order valence-corrected chi connectivity index (χ1v) is 12.4. The lowest BCUT2D eigenvalue weighted by molar-refractivity contribution is -0.113. The first-order chi connectivity index (χ1) is 15.9. The molecule has 0 aliphatic heterocycles. The summed E-state index contributed by atoms with van der Waals surface area (Å²) in [5, 5.41) is 5.31. The normalized spacial score (nSPS) is 11.0. The van der Waals surface area contributed by atoms with Gasteiger partial charge in [-0.15, -0.1) is 11.3 Å². The van der Waals surface area contributed by atoms with Crippen molar-refractivity contribution in [2.24, 2.45) is 0 Å². The molecule has 1 amide bonds. The van der Waals surface area contributed by atoms with Gasteiger partial charge in [-0.25, -0.2) is 4.98 Å². The van der Waals surface area contributed by atoms with Crippen molar-refractivity contribution < 1.29 is 9.59 Å². The molecule has 2 heterocycles. The number of thiophene rings is 1. The van der Waals surface area contributed by atoms with Crippen LogP contribution < -0.4 is 10.9 Å². The van der Waals surface area contributed by atoms with Crippen LogP contribution in [-0.4, -0.2) is 27.0 Å². The zero-order chi connectivity index (χ0) is 23.5. The zero-order valence-corrected chi connectivity index (χ0v) is 20.2. The van der Waals surface area contributed by atoms with Crippen LogP contribution in [0.3, 0.4) is 0 Å². The Hall–Kier alpha value is -3.23. The number of aryl methyl sites for hydroxylation is 1. The summed E-state index contributed by atoms with van der Waals surface area (Å²) in [6.07, 6.45) is 0. The van der Waals surface area contributed by atoms with Gasteiger partial charge in [0.2, 0.25) is 5.91 Å². The number of Topliss-reactive ketones (excluding diaryl/α,β-unsaturated/α-hetero) is 1. The number of nitrogens with one attached hydrogen (secondary N) is 1. The third kappa shape index (κ3) is 4.91. The second kappa shape index (κ2) is 9.72. The number of anilines is 1. The van der Waals surface area contributed by atoms with E-state index in [-0.39, 0.29) is 23.0 Å². The predicted octanol–water partition coefficient (Wildman–Crippen LogP) is 5.39. The molecule has 0 fully saturated rings. The van der Waals surface area contributed by atoms with Crippen molar-refractivity contribution in [1.29, 1.82) is 0 Å². The smallest absolute Gasteiger partial charge is 0.272 e. The van der Waals surface area contributed by atoms with E-state index in [2.05, 4.69) is 5.32 Å². The van der Waals surface area contributed by atoms with Crippen LogP contribution in [0.4, 0.5) is 5.69 Å². The zero-order valence-electron chi connectivity index (χ0n) is 18.5. The second-order valence-corrected chi connectivity index (χ2v) is 9.43. The van der Waals surface area contributed by atoms with Crippen LogP contribution in [0.1, 0.15) is 29.8 Å². The molecule has 2 aromatic carbocycles. The standard InChI is InChI=1S/C25H23N3O3S2/c1-4-28-24(31)23-22(20(13-32-23)18-7-5-15(2)6-8-18)27-25(28)33-14-21(30)26-19-11-9-17(10-12-19)16(3)29/h5-13H,4,14H2,1-3H3,(H,26,30). The molecule has 1 N–H and O–H groups in total. The number of ketones is 1. The van der Waals surface area contributed by atoms with Gasteiger partial charge in [0.05, 0.1) is 11.3 Å². The number of amides is 1. The van der Waals surface area contributed by atoms with Gasteiger partial charge in [0.25, 0.3) is 5.56 Å². The van der Waals surface area contributed by atoms with E-state index in [1.165, 1.54) is 30.0 Å². The van der Waals surface area contributed by atoms with Crippen molar-refractivity contribution in [3.8, 4) is 11.1 Å². The highest BCUT2D eigenvalue weighted by Crippen LogP contribution is 2.32. The number of carbonyl (C=O) groups excluding carboxylic acids is 2. The fraction of sp³-hybridized carbons (Fsp3) is 0.200. The van der Waals surface area contributed by atoms with Crippen LogP contribution in [-0.2, 0) is 11.3 Å². The van der Waals surface area contributed by atoms with E-state index in [1.54, 1.807) is 28.8 Å². The van der Waals surface area contributed by atoms with Crippen molar-refractivity contribution in [2.75, 3.05) is 11.1 Å². The molecule has 0 spiro atoms. The fourth-order valence-electron chi connectivity index (χ4n) is 3.42. The molecule has 0 atom stereocenters. The molecule has 4 rings (SSSR count). The molecule has 0 aliphatic carbocycles. The van der Waals surface area contributed by atoms with Gasteiger partial charge >= 0.3 is 0 Å². The lowest BCUT2D eigenvalue weighted by atomic mass is 10.1. The van der Waals surface area contributed by atoms with E-state index in [4.69, 9.17) is 4.98 Å². The first kappa shape index (κ1) is 22.9. The molecule has 0 saturated heterocycles. The average Bonchev–Trinajstić information content (AvgIpc) is 3.23. The van der Waals surface area contributed by atoms with E-state index in [0.717, 1.165) is 16.7 Å². The Kier molecular flexibility index (Phi) is 6.76. The third-order valence-electron chi connectivity index (χ3n) is 5.23. The monoisotopic (exact) mass is 477 g/mol. The Morgan fingerprint density at radius 2 is 1.79 bits per heavy atom. The number of nitrogens with zero attached hydrogens (tertiary/aromatic N) is 2. The summed E-state index contributed by atoms with van der Waals surface area (Å²) >= 11 is 2.63. The molecule has 4 aromatic rings. The summed E-state index contributed by atoms with van der Waals surface area (Å²) in [6, 6.07) is 14.9. The Morgan fingerprint density at radius 1 is 1.09 bits per heavy atom. The molecule has 0 unspecified atom stereocenters. The maximum absolute atomic E-state index is 13.1. The average molecular weight is 478 g/mol. The second-order valence-electron chi connectivity index (χ2n) is 7.61. The van der Waals surface area contributed by atoms with Gasteiger partial charge in [-0.1, -0.05) is 41.6 Å². The molecule has 33 heavy (non-hydrogen) atoms. The van der Waals surface area contributed by atoms with Crippen molar-refractivity contribution in [1.82, 2.24) is 9.55 Å². The van der Waals surface area contributed by atoms with Gasteiger partial charge in [0, 0.05) is 28.7 Å². The van der Waals surface area contributed by atoms with Crippen molar-refractivity contribution in [3.63, 3.8) is 0 Å². The number of hydrogen-bond donors (Lipinski definition) is 1. The third-order valence-corrected chi connectivity index (χ3v) is 7.16. The van der Waals surface area contributed by atoms with E-state index >= 15 is 0 Å². The summed E-state index contributed by atoms with van der Waals surface area (Å²) in [7, 11) is 0. The van der Waals surface area contributed by atoms with Crippen LogP contribution in [0, 0.1) is 6.92 Å². The van der Waals surface area contributed by atoms with Gasteiger partial charge in [-0.3, -0.25) is 19.0 Å². The summed E-state index contributed by atoms with van der Waals surface area (Å²) in [6.45, 7) is 5.89. The van der Waals surface area contributed by atoms with E-state index in [1.807, 2.05) is 43.5 Å². The molecular weight excluding hydrogens is 454 g/mol. The molecular formula is C25H23N3O3S2. The maximum atomic E-state index is 13.1. The van der Waals surface area contributed by atoms with E-state index < -0.39 is 0 Å². The SMILES string of the molecule is CCn1c(SCC(=O)Nc2ccc(C(C)=O)cc2)nc2c(-c3ccc(C)cc3)csc2c1=O. The predicted molar refractivity (Wildman–Crippen MR) is 136 cm³/mol. The first-order valence-electron chi connectivity index (χ1n) is 10.5. The van der Waals surface area contributed by atoms with Crippen LogP contribution in [0.15, 0.2) is 63.9 Å². The van der Waals surface area contributed by atoms with Crippen molar-refractivity contribution >= 4 is 50.7 Å². The maximum Gasteiger partial charge on any atom is 0.272 e. The number of fused-ring (bicyclic) bond motifs is 1. The lowest BCUT2D eigenvalue weighted by Crippen LogP contribution is -2.22. The highest BCUT2D eigenvalue weighted by Gasteiger charge is 2.17. The van der Waals surface area contributed by atoms with E-state index in [0.29, 0.717) is 33.2 Å². The van der Waals surface area contributed by atoms with Crippen LogP contribution in [0.5, 0.6) is 0 Å². The summed E-state index contributed by atoms with van der Waals surface area (Å²) < 4.78 is 2.23. The molecule has 0 bridgehead atoms. The minimum Gasteiger partial charge on any atom is -0.325 e. The Bertz CT molecular complexity index is 1390. The number of thioether (sulfide) groups is 1. The van der Waals surface area contributed by atoms with Crippen LogP contribution in [0.25, 0.3) is 21.3 Å². The molecule has 0 aliphatic rings. The Balaban J connectivity index is 1.58.